The molecule has 0 radical (unpaired) electrons. The molecule has 0 bridgehead atoms. The molecule has 5 heteroatoms. The van der Waals surface area contributed by atoms with Crippen LogP contribution in [-0.2, 0) is 15.9 Å². The first-order chi connectivity index (χ1) is 10.5. The van der Waals surface area contributed by atoms with Gasteiger partial charge in [0.25, 0.3) is 0 Å². The summed E-state index contributed by atoms with van der Waals surface area (Å²) in [7, 11) is 0. The van der Waals surface area contributed by atoms with Crippen molar-refractivity contribution >= 4 is 6.16 Å². The SMILES string of the molecule is C/C(O)=C\C=C(/C)CCOC(=O)OCCc1ccc(O)cc1. The number of ether oxygens (including phenoxy) is 2. The highest BCUT2D eigenvalue weighted by Crippen LogP contribution is 2.10. The van der Waals surface area contributed by atoms with Gasteiger partial charge in [0, 0.05) is 12.8 Å². The van der Waals surface area contributed by atoms with Gasteiger partial charge in [0.2, 0.25) is 0 Å². The second-order valence-electron chi connectivity index (χ2n) is 4.93. The lowest BCUT2D eigenvalue weighted by atomic mass is 10.1. The average Bonchev–Trinajstić information content (AvgIpc) is 2.47. The highest BCUT2D eigenvalue weighted by atomic mass is 16.7. The molecule has 1 aromatic rings. The lowest BCUT2D eigenvalue weighted by Gasteiger charge is -2.06. The van der Waals surface area contributed by atoms with Crippen molar-refractivity contribution in [1.29, 1.82) is 0 Å². The Balaban J connectivity index is 2.17. The number of hydrogen-bond donors (Lipinski definition) is 2. The lowest BCUT2D eigenvalue weighted by Crippen LogP contribution is -2.10. The molecule has 2 N–H and O–H groups in total. The van der Waals surface area contributed by atoms with Crippen LogP contribution in [-0.4, -0.2) is 29.6 Å². The van der Waals surface area contributed by atoms with E-state index in [0.717, 1.165) is 11.1 Å². The molecule has 0 atom stereocenters. The molecule has 5 nitrogen and oxygen atoms in total. The fourth-order valence-corrected chi connectivity index (χ4v) is 1.60. The minimum atomic E-state index is -0.694. The summed E-state index contributed by atoms with van der Waals surface area (Å²) in [6, 6.07) is 6.72. The maximum atomic E-state index is 11.4. The number of carbonyl (C=O) groups excluding carboxylic acids is 1. The molecule has 0 aromatic heterocycles. The molecular formula is C17H22O5. The Kier molecular flexibility index (Phi) is 7.61. The van der Waals surface area contributed by atoms with E-state index in [2.05, 4.69) is 0 Å². The minimum Gasteiger partial charge on any atom is -0.513 e. The summed E-state index contributed by atoms with van der Waals surface area (Å²) >= 11 is 0. The fourth-order valence-electron chi connectivity index (χ4n) is 1.60. The van der Waals surface area contributed by atoms with Gasteiger partial charge in [0.15, 0.2) is 0 Å². The minimum absolute atomic E-state index is 0.207. The first-order valence-electron chi connectivity index (χ1n) is 7.08. The van der Waals surface area contributed by atoms with Crippen LogP contribution in [0.2, 0.25) is 0 Å². The summed E-state index contributed by atoms with van der Waals surface area (Å²) in [5.74, 6) is 0.438. The molecule has 0 aliphatic carbocycles. The van der Waals surface area contributed by atoms with Crippen molar-refractivity contribution in [2.75, 3.05) is 13.2 Å². The van der Waals surface area contributed by atoms with E-state index in [1.807, 2.05) is 6.92 Å². The third kappa shape index (κ3) is 7.99. The number of aromatic hydroxyl groups is 1. The second-order valence-corrected chi connectivity index (χ2v) is 4.93. The van der Waals surface area contributed by atoms with Gasteiger partial charge in [-0.1, -0.05) is 23.8 Å². The number of allylic oxidation sites excluding steroid dienone is 3. The van der Waals surface area contributed by atoms with E-state index in [9.17, 15) is 4.79 Å². The first-order valence-corrected chi connectivity index (χ1v) is 7.08. The van der Waals surface area contributed by atoms with Crippen LogP contribution < -0.4 is 0 Å². The van der Waals surface area contributed by atoms with Gasteiger partial charge in [0.05, 0.1) is 19.0 Å². The highest BCUT2D eigenvalue weighted by Gasteiger charge is 2.04. The lowest BCUT2D eigenvalue weighted by molar-refractivity contribution is 0.0569. The van der Waals surface area contributed by atoms with E-state index in [4.69, 9.17) is 19.7 Å². The van der Waals surface area contributed by atoms with E-state index < -0.39 is 6.16 Å². The Morgan fingerprint density at radius 3 is 2.36 bits per heavy atom. The number of aliphatic hydroxyl groups is 1. The molecule has 1 rings (SSSR count). The molecule has 0 amide bonds. The van der Waals surface area contributed by atoms with E-state index in [0.29, 0.717) is 12.8 Å². The van der Waals surface area contributed by atoms with Crippen LogP contribution in [0.4, 0.5) is 4.79 Å². The molecule has 0 saturated heterocycles. The van der Waals surface area contributed by atoms with Crippen molar-refractivity contribution in [1.82, 2.24) is 0 Å². The molecule has 0 fully saturated rings. The summed E-state index contributed by atoms with van der Waals surface area (Å²) < 4.78 is 9.91. The summed E-state index contributed by atoms with van der Waals surface area (Å²) in [5.41, 5.74) is 1.96. The number of hydrogen-bond acceptors (Lipinski definition) is 5. The Hall–Kier alpha value is -2.43. The molecule has 0 heterocycles. The summed E-state index contributed by atoms with van der Waals surface area (Å²) in [5, 5.41) is 18.2. The standard InChI is InChI=1S/C17H22O5/c1-13(3-4-14(2)18)9-11-21-17(20)22-12-10-15-5-7-16(19)8-6-15/h3-8,18-19H,9-12H2,1-2H3/b13-3+,14-4+. The molecule has 0 unspecified atom stereocenters. The van der Waals surface area contributed by atoms with Gasteiger partial charge < -0.3 is 19.7 Å². The summed E-state index contributed by atoms with van der Waals surface area (Å²) in [6.45, 7) is 3.94. The Morgan fingerprint density at radius 2 is 1.73 bits per heavy atom. The van der Waals surface area contributed by atoms with Crippen LogP contribution in [0, 0.1) is 0 Å². The number of aliphatic hydroxyl groups excluding tert-OH is 1. The summed E-state index contributed by atoms with van der Waals surface area (Å²) in [4.78, 5) is 11.4. The highest BCUT2D eigenvalue weighted by molar-refractivity contribution is 5.59. The van der Waals surface area contributed by atoms with Gasteiger partial charge in [-0.05, 0) is 37.6 Å². The van der Waals surface area contributed by atoms with Crippen LogP contribution in [0.5, 0.6) is 5.75 Å². The number of phenolic OH excluding ortho intramolecular Hbond substituents is 1. The molecular weight excluding hydrogens is 284 g/mol. The maximum Gasteiger partial charge on any atom is 0.508 e. The fraction of sp³-hybridized carbons (Fsp3) is 0.353. The van der Waals surface area contributed by atoms with Crippen molar-refractivity contribution in [2.45, 2.75) is 26.7 Å². The van der Waals surface area contributed by atoms with Crippen LogP contribution in [0.15, 0.2) is 47.7 Å². The van der Waals surface area contributed by atoms with Crippen molar-refractivity contribution in [2.24, 2.45) is 0 Å². The zero-order valence-electron chi connectivity index (χ0n) is 12.9. The van der Waals surface area contributed by atoms with Gasteiger partial charge in [-0.3, -0.25) is 0 Å². The van der Waals surface area contributed by atoms with Crippen LogP contribution >= 0.6 is 0 Å². The molecule has 0 saturated carbocycles. The van der Waals surface area contributed by atoms with Crippen LogP contribution in [0.3, 0.4) is 0 Å². The predicted octanol–water partition coefficient (Wildman–Crippen LogP) is 3.89. The molecule has 22 heavy (non-hydrogen) atoms. The van der Waals surface area contributed by atoms with Gasteiger partial charge in [0.1, 0.15) is 5.75 Å². The largest absolute Gasteiger partial charge is 0.513 e. The van der Waals surface area contributed by atoms with Gasteiger partial charge in [-0.15, -0.1) is 0 Å². The Labute approximate surface area is 130 Å². The van der Waals surface area contributed by atoms with Crippen LogP contribution in [0.1, 0.15) is 25.8 Å². The van der Waals surface area contributed by atoms with E-state index >= 15 is 0 Å². The number of phenols is 1. The molecule has 1 aromatic carbocycles. The van der Waals surface area contributed by atoms with Gasteiger partial charge >= 0.3 is 6.16 Å². The Bertz CT molecular complexity index is 524. The monoisotopic (exact) mass is 306 g/mol. The zero-order chi connectivity index (χ0) is 16.4. The molecule has 120 valence electrons. The number of carbonyl (C=O) groups is 1. The van der Waals surface area contributed by atoms with Gasteiger partial charge in [-0.2, -0.15) is 0 Å². The topological polar surface area (TPSA) is 76.0 Å². The Morgan fingerprint density at radius 1 is 1.09 bits per heavy atom. The predicted molar refractivity (Wildman–Crippen MR) is 83.9 cm³/mol. The third-order valence-electron chi connectivity index (χ3n) is 2.87. The third-order valence-corrected chi connectivity index (χ3v) is 2.87. The number of benzene rings is 1. The second kappa shape index (κ2) is 9.50. The smallest absolute Gasteiger partial charge is 0.508 e. The van der Waals surface area contributed by atoms with Crippen molar-refractivity contribution in [3.05, 3.63) is 53.3 Å². The average molecular weight is 306 g/mol. The zero-order valence-corrected chi connectivity index (χ0v) is 12.9. The van der Waals surface area contributed by atoms with Crippen molar-refractivity contribution < 1.29 is 24.5 Å². The van der Waals surface area contributed by atoms with Gasteiger partial charge in [-0.25, -0.2) is 4.79 Å². The molecule has 0 aliphatic rings. The van der Waals surface area contributed by atoms with Crippen molar-refractivity contribution in [3.8, 4) is 5.75 Å². The van der Waals surface area contributed by atoms with E-state index in [1.165, 1.54) is 0 Å². The van der Waals surface area contributed by atoms with Crippen LogP contribution in [0.25, 0.3) is 0 Å². The maximum absolute atomic E-state index is 11.4. The first kappa shape index (κ1) is 17.6. The normalized spacial score (nSPS) is 12.1. The molecule has 0 spiro atoms. The van der Waals surface area contributed by atoms with E-state index in [-0.39, 0.29) is 24.7 Å². The summed E-state index contributed by atoms with van der Waals surface area (Å²) in [6.07, 6.45) is 3.81. The van der Waals surface area contributed by atoms with Crippen molar-refractivity contribution in [3.63, 3.8) is 0 Å². The molecule has 0 aliphatic heterocycles. The van der Waals surface area contributed by atoms with E-state index in [1.54, 1.807) is 43.3 Å². The number of rotatable bonds is 7. The quantitative estimate of drug-likeness (QED) is 0.454.